The number of rotatable bonds is 5. The molecule has 0 bridgehead atoms. The van der Waals surface area contributed by atoms with E-state index in [0.29, 0.717) is 12.0 Å². The summed E-state index contributed by atoms with van der Waals surface area (Å²) in [6, 6.07) is 0. The van der Waals surface area contributed by atoms with Crippen molar-refractivity contribution in [3.8, 4) is 0 Å². The van der Waals surface area contributed by atoms with Gasteiger partial charge in [0.2, 0.25) is 0 Å². The number of carbonyl (C=O) groups is 1. The summed E-state index contributed by atoms with van der Waals surface area (Å²) < 4.78 is 5.14. The second-order valence-electron chi connectivity index (χ2n) is 4.42. The predicted molar refractivity (Wildman–Crippen MR) is 50.2 cm³/mol. The molecule has 0 spiro atoms. The Morgan fingerprint density at radius 1 is 1.33 bits per heavy atom. The molecule has 2 nitrogen and oxygen atoms in total. The zero-order chi connectivity index (χ0) is 9.61. The standard InChI is InChI=1S/C10H20O2/c1-9(11)8-12-7-5-6-10(2,3)4/h5-8H2,1-4H3. The van der Waals surface area contributed by atoms with E-state index >= 15 is 0 Å². The van der Waals surface area contributed by atoms with Crippen LogP contribution in [0, 0.1) is 5.41 Å². The summed E-state index contributed by atoms with van der Waals surface area (Å²) in [5.74, 6) is 0.103. The maximum atomic E-state index is 10.5. The number of ether oxygens (including phenoxy) is 1. The van der Waals surface area contributed by atoms with Crippen LogP contribution in [-0.4, -0.2) is 19.0 Å². The summed E-state index contributed by atoms with van der Waals surface area (Å²) in [6.07, 6.45) is 2.18. The van der Waals surface area contributed by atoms with E-state index in [2.05, 4.69) is 20.8 Å². The van der Waals surface area contributed by atoms with E-state index in [1.165, 1.54) is 0 Å². The lowest BCUT2D eigenvalue weighted by Crippen LogP contribution is -2.09. The zero-order valence-electron chi connectivity index (χ0n) is 8.64. The van der Waals surface area contributed by atoms with Crippen molar-refractivity contribution in [2.24, 2.45) is 5.41 Å². The summed E-state index contributed by atoms with van der Waals surface area (Å²) >= 11 is 0. The fraction of sp³-hybridized carbons (Fsp3) is 0.900. The fourth-order valence-electron chi connectivity index (χ4n) is 0.920. The quantitative estimate of drug-likeness (QED) is 0.595. The second kappa shape index (κ2) is 5.31. The van der Waals surface area contributed by atoms with E-state index in [-0.39, 0.29) is 12.4 Å². The Morgan fingerprint density at radius 3 is 2.33 bits per heavy atom. The minimum atomic E-state index is 0.103. The van der Waals surface area contributed by atoms with E-state index in [9.17, 15) is 4.79 Å². The van der Waals surface area contributed by atoms with E-state index < -0.39 is 0 Å². The fourth-order valence-corrected chi connectivity index (χ4v) is 0.920. The molecule has 0 unspecified atom stereocenters. The first-order valence-corrected chi connectivity index (χ1v) is 4.49. The summed E-state index contributed by atoms with van der Waals surface area (Å²) in [5.41, 5.74) is 0.375. The Morgan fingerprint density at radius 2 is 1.92 bits per heavy atom. The molecule has 0 atom stereocenters. The molecular weight excluding hydrogens is 152 g/mol. The molecule has 0 aromatic heterocycles. The molecule has 0 aliphatic carbocycles. The Balaban J connectivity index is 3.17. The second-order valence-corrected chi connectivity index (χ2v) is 4.42. The number of Topliss-reactive ketones (excluding diaryl/α,β-unsaturated/α-hetero) is 1. The first-order chi connectivity index (χ1) is 5.42. The van der Waals surface area contributed by atoms with Crippen LogP contribution in [0.5, 0.6) is 0 Å². The lowest BCUT2D eigenvalue weighted by Gasteiger charge is -2.17. The molecule has 0 rings (SSSR count). The average Bonchev–Trinajstić information content (AvgIpc) is 1.83. The van der Waals surface area contributed by atoms with Crippen LogP contribution < -0.4 is 0 Å². The maximum absolute atomic E-state index is 10.5. The first kappa shape index (κ1) is 11.6. The molecule has 0 saturated carbocycles. The molecule has 0 saturated heterocycles. The SMILES string of the molecule is CC(=O)COCCCC(C)(C)C. The van der Waals surface area contributed by atoms with Crippen molar-refractivity contribution in [2.45, 2.75) is 40.5 Å². The molecule has 2 heteroatoms. The van der Waals surface area contributed by atoms with Gasteiger partial charge in [-0.1, -0.05) is 20.8 Å². The Hall–Kier alpha value is -0.370. The van der Waals surface area contributed by atoms with E-state index in [1.807, 2.05) is 0 Å². The molecule has 0 fully saturated rings. The van der Waals surface area contributed by atoms with Crippen molar-refractivity contribution in [3.63, 3.8) is 0 Å². The van der Waals surface area contributed by atoms with Crippen molar-refractivity contribution in [1.82, 2.24) is 0 Å². The minimum Gasteiger partial charge on any atom is -0.374 e. The van der Waals surface area contributed by atoms with Gasteiger partial charge in [-0.2, -0.15) is 0 Å². The highest BCUT2D eigenvalue weighted by Crippen LogP contribution is 2.20. The smallest absolute Gasteiger partial charge is 0.155 e. The van der Waals surface area contributed by atoms with Crippen LogP contribution in [-0.2, 0) is 9.53 Å². The van der Waals surface area contributed by atoms with Gasteiger partial charge in [-0.25, -0.2) is 0 Å². The summed E-state index contributed by atoms with van der Waals surface area (Å²) in [4.78, 5) is 10.5. The highest BCUT2D eigenvalue weighted by Gasteiger charge is 2.08. The average molecular weight is 172 g/mol. The van der Waals surface area contributed by atoms with Gasteiger partial charge in [0.25, 0.3) is 0 Å². The van der Waals surface area contributed by atoms with Crippen LogP contribution in [0.4, 0.5) is 0 Å². The van der Waals surface area contributed by atoms with Gasteiger partial charge in [0.15, 0.2) is 5.78 Å². The van der Waals surface area contributed by atoms with Gasteiger partial charge in [0.05, 0.1) is 0 Å². The van der Waals surface area contributed by atoms with Crippen molar-refractivity contribution in [3.05, 3.63) is 0 Å². The molecule has 0 N–H and O–H groups in total. The Labute approximate surface area is 75.3 Å². The largest absolute Gasteiger partial charge is 0.374 e. The van der Waals surface area contributed by atoms with Gasteiger partial charge in [0.1, 0.15) is 6.61 Å². The zero-order valence-corrected chi connectivity index (χ0v) is 8.64. The van der Waals surface area contributed by atoms with Crippen LogP contribution in [0.3, 0.4) is 0 Å². The molecular formula is C10H20O2. The molecule has 0 heterocycles. The van der Waals surface area contributed by atoms with Gasteiger partial charge < -0.3 is 4.74 Å². The molecule has 12 heavy (non-hydrogen) atoms. The molecule has 0 aromatic rings. The van der Waals surface area contributed by atoms with Crippen LogP contribution in [0.15, 0.2) is 0 Å². The van der Waals surface area contributed by atoms with Gasteiger partial charge in [0, 0.05) is 6.61 Å². The number of carbonyl (C=O) groups excluding carboxylic acids is 1. The number of hydrogen-bond donors (Lipinski definition) is 0. The van der Waals surface area contributed by atoms with Crippen LogP contribution in [0.25, 0.3) is 0 Å². The Bertz CT molecular complexity index is 133. The van der Waals surface area contributed by atoms with Crippen molar-refractivity contribution in [2.75, 3.05) is 13.2 Å². The molecule has 72 valence electrons. The number of ketones is 1. The van der Waals surface area contributed by atoms with Gasteiger partial charge in [-0.3, -0.25) is 4.79 Å². The van der Waals surface area contributed by atoms with Crippen LogP contribution in [0.2, 0.25) is 0 Å². The van der Waals surface area contributed by atoms with Gasteiger partial charge >= 0.3 is 0 Å². The lowest BCUT2D eigenvalue weighted by atomic mass is 9.91. The van der Waals surface area contributed by atoms with Crippen LogP contribution >= 0.6 is 0 Å². The maximum Gasteiger partial charge on any atom is 0.155 e. The van der Waals surface area contributed by atoms with Crippen molar-refractivity contribution >= 4 is 5.78 Å². The van der Waals surface area contributed by atoms with E-state index in [4.69, 9.17) is 4.74 Å². The molecule has 0 amide bonds. The number of hydrogen-bond acceptors (Lipinski definition) is 2. The van der Waals surface area contributed by atoms with Crippen molar-refractivity contribution in [1.29, 1.82) is 0 Å². The predicted octanol–water partition coefficient (Wildman–Crippen LogP) is 2.42. The Kier molecular flexibility index (Phi) is 5.14. The third-order valence-electron chi connectivity index (χ3n) is 1.52. The summed E-state index contributed by atoms with van der Waals surface area (Å²) in [7, 11) is 0. The summed E-state index contributed by atoms with van der Waals surface area (Å²) in [6.45, 7) is 9.14. The highest BCUT2D eigenvalue weighted by atomic mass is 16.5. The van der Waals surface area contributed by atoms with E-state index in [0.717, 1.165) is 12.8 Å². The summed E-state index contributed by atoms with van der Waals surface area (Å²) in [5, 5.41) is 0. The highest BCUT2D eigenvalue weighted by molar-refractivity contribution is 5.76. The normalized spacial score (nSPS) is 11.7. The van der Waals surface area contributed by atoms with E-state index in [1.54, 1.807) is 6.92 Å². The molecule has 0 aromatic carbocycles. The monoisotopic (exact) mass is 172 g/mol. The van der Waals surface area contributed by atoms with Crippen LogP contribution in [0.1, 0.15) is 40.5 Å². The first-order valence-electron chi connectivity index (χ1n) is 4.49. The molecule has 0 aliphatic heterocycles. The molecule has 0 radical (unpaired) electrons. The van der Waals surface area contributed by atoms with Gasteiger partial charge in [-0.05, 0) is 25.2 Å². The van der Waals surface area contributed by atoms with Crippen molar-refractivity contribution < 1.29 is 9.53 Å². The molecule has 0 aliphatic rings. The minimum absolute atomic E-state index is 0.103. The lowest BCUT2D eigenvalue weighted by molar-refractivity contribution is -0.121. The third-order valence-corrected chi connectivity index (χ3v) is 1.52. The van der Waals surface area contributed by atoms with Gasteiger partial charge in [-0.15, -0.1) is 0 Å². The third kappa shape index (κ3) is 9.63. The topological polar surface area (TPSA) is 26.3 Å².